The molecule has 1 aromatic rings. The van der Waals surface area contributed by atoms with Gasteiger partial charge in [-0.3, -0.25) is 20.2 Å². The fourth-order valence-electron chi connectivity index (χ4n) is 1.25. The Balaban J connectivity index is 2.13. The summed E-state index contributed by atoms with van der Waals surface area (Å²) in [7, 11) is 0. The molecule has 1 fully saturated rings. The molecule has 1 aromatic carbocycles. The fourth-order valence-corrected chi connectivity index (χ4v) is 1.51. The summed E-state index contributed by atoms with van der Waals surface area (Å²) in [5, 5.41) is 11.2. The highest BCUT2D eigenvalue weighted by molar-refractivity contribution is 9.10. The predicted octanol–water partition coefficient (Wildman–Crippen LogP) is 1.27. The van der Waals surface area contributed by atoms with Crippen LogP contribution in [0.5, 0.6) is 0 Å². The molecule has 7 nitrogen and oxygen atoms in total. The highest BCUT2D eigenvalue weighted by Gasteiger charge is 2.34. The molecule has 2 rings (SSSR count). The number of amides is 4. The van der Waals surface area contributed by atoms with E-state index < -0.39 is 23.9 Å². The highest BCUT2D eigenvalue weighted by Crippen LogP contribution is 2.17. The van der Waals surface area contributed by atoms with Gasteiger partial charge in [0.25, 0.3) is 11.8 Å². The molecule has 1 aliphatic heterocycles. The van der Waals surface area contributed by atoms with E-state index in [2.05, 4.69) is 26.2 Å². The van der Waals surface area contributed by atoms with Crippen molar-refractivity contribution >= 4 is 39.5 Å². The van der Waals surface area contributed by atoms with Crippen LogP contribution in [0.3, 0.4) is 0 Å². The van der Waals surface area contributed by atoms with Crippen LogP contribution in [-0.2, 0) is 9.59 Å². The number of rotatable bonds is 2. The Kier molecular flexibility index (Phi) is 3.47. The second-order valence-corrected chi connectivity index (χ2v) is 4.32. The van der Waals surface area contributed by atoms with E-state index in [1.807, 2.05) is 10.6 Å². The summed E-state index contributed by atoms with van der Waals surface area (Å²) < 4.78 is 0.875. The highest BCUT2D eigenvalue weighted by atomic mass is 79.9. The van der Waals surface area contributed by atoms with Crippen LogP contribution in [0.1, 0.15) is 0 Å². The van der Waals surface area contributed by atoms with E-state index in [0.29, 0.717) is 5.69 Å². The van der Waals surface area contributed by atoms with Gasteiger partial charge in [-0.25, -0.2) is 4.79 Å². The zero-order valence-electron chi connectivity index (χ0n) is 8.88. The van der Waals surface area contributed by atoms with Gasteiger partial charge in [-0.2, -0.15) is 10.2 Å². The molecule has 1 aliphatic rings. The number of carbonyl (C=O) groups is 3. The van der Waals surface area contributed by atoms with Crippen LogP contribution in [0.4, 0.5) is 10.5 Å². The standard InChI is InChI=1S/C10H7BrN4O3/c11-5-1-3-6(4-2-5)14-15-7-8(16)12-10(18)13-9(7)17/h1-4,7H,(H2,12,13,16,17,18). The average Bonchev–Trinajstić information content (AvgIpc) is 2.30. The number of hydrogen-bond donors (Lipinski definition) is 2. The first kappa shape index (κ1) is 12.4. The molecule has 0 spiro atoms. The number of halogens is 1. The van der Waals surface area contributed by atoms with Crippen molar-refractivity contribution in [2.45, 2.75) is 6.04 Å². The molecule has 0 radical (unpaired) electrons. The number of benzene rings is 1. The molecule has 0 unspecified atom stereocenters. The first-order valence-corrected chi connectivity index (χ1v) is 5.67. The van der Waals surface area contributed by atoms with Gasteiger partial charge in [-0.1, -0.05) is 15.9 Å². The van der Waals surface area contributed by atoms with Crippen molar-refractivity contribution in [1.82, 2.24) is 10.6 Å². The van der Waals surface area contributed by atoms with Gasteiger partial charge in [0, 0.05) is 4.47 Å². The number of hydrogen-bond acceptors (Lipinski definition) is 5. The largest absolute Gasteiger partial charge is 0.328 e. The minimum absolute atomic E-state index is 0.496. The molecule has 2 N–H and O–H groups in total. The van der Waals surface area contributed by atoms with Crippen molar-refractivity contribution in [3.63, 3.8) is 0 Å². The number of nitrogens with zero attached hydrogens (tertiary/aromatic N) is 2. The molecule has 4 amide bonds. The summed E-state index contributed by atoms with van der Waals surface area (Å²) in [6.45, 7) is 0. The van der Waals surface area contributed by atoms with E-state index in [1.54, 1.807) is 24.3 Å². The zero-order valence-corrected chi connectivity index (χ0v) is 10.5. The van der Waals surface area contributed by atoms with Gasteiger partial charge in [0.1, 0.15) is 0 Å². The Bertz CT molecular complexity index is 521. The maximum absolute atomic E-state index is 11.3. The van der Waals surface area contributed by atoms with E-state index in [1.165, 1.54) is 0 Å². The third-order valence-corrected chi connectivity index (χ3v) is 2.61. The molecule has 0 saturated carbocycles. The smallest absolute Gasteiger partial charge is 0.275 e. The molecule has 1 saturated heterocycles. The maximum Gasteiger partial charge on any atom is 0.328 e. The Morgan fingerprint density at radius 3 is 2.11 bits per heavy atom. The lowest BCUT2D eigenvalue weighted by atomic mass is 10.2. The number of nitrogens with one attached hydrogen (secondary N) is 2. The van der Waals surface area contributed by atoms with E-state index in [4.69, 9.17) is 0 Å². The van der Waals surface area contributed by atoms with Crippen molar-refractivity contribution in [3.05, 3.63) is 28.7 Å². The summed E-state index contributed by atoms with van der Waals surface area (Å²) in [6.07, 6.45) is 0. The summed E-state index contributed by atoms with van der Waals surface area (Å²) >= 11 is 3.26. The first-order valence-electron chi connectivity index (χ1n) is 4.88. The Hall–Kier alpha value is -2.09. The van der Waals surface area contributed by atoms with E-state index >= 15 is 0 Å². The summed E-state index contributed by atoms with van der Waals surface area (Å²) in [4.78, 5) is 33.5. The quantitative estimate of drug-likeness (QED) is 0.635. The van der Waals surface area contributed by atoms with Crippen LogP contribution >= 0.6 is 15.9 Å². The van der Waals surface area contributed by atoms with Gasteiger partial charge >= 0.3 is 6.03 Å². The van der Waals surface area contributed by atoms with Gasteiger partial charge in [0.15, 0.2) is 0 Å². The van der Waals surface area contributed by atoms with Crippen molar-refractivity contribution in [2.75, 3.05) is 0 Å². The van der Waals surface area contributed by atoms with Crippen LogP contribution < -0.4 is 10.6 Å². The van der Waals surface area contributed by atoms with Crippen molar-refractivity contribution in [1.29, 1.82) is 0 Å². The number of azo groups is 1. The Morgan fingerprint density at radius 2 is 1.56 bits per heavy atom. The van der Waals surface area contributed by atoms with Gasteiger partial charge in [-0.05, 0) is 24.3 Å². The van der Waals surface area contributed by atoms with Gasteiger partial charge in [0.05, 0.1) is 5.69 Å². The summed E-state index contributed by atoms with van der Waals surface area (Å²) in [6, 6.07) is 4.64. The Morgan fingerprint density at radius 1 is 1.00 bits per heavy atom. The third-order valence-electron chi connectivity index (χ3n) is 2.09. The zero-order chi connectivity index (χ0) is 13.1. The van der Waals surface area contributed by atoms with Crippen molar-refractivity contribution in [3.8, 4) is 0 Å². The number of imide groups is 2. The van der Waals surface area contributed by atoms with Crippen LogP contribution in [0.25, 0.3) is 0 Å². The fraction of sp³-hybridized carbons (Fsp3) is 0.100. The molecule has 1 heterocycles. The van der Waals surface area contributed by atoms with E-state index in [9.17, 15) is 14.4 Å². The van der Waals surface area contributed by atoms with E-state index in [0.717, 1.165) is 4.47 Å². The monoisotopic (exact) mass is 310 g/mol. The minimum atomic E-state index is -1.34. The minimum Gasteiger partial charge on any atom is -0.275 e. The molecule has 0 bridgehead atoms. The lowest BCUT2D eigenvalue weighted by Gasteiger charge is -2.15. The predicted molar refractivity (Wildman–Crippen MR) is 64.1 cm³/mol. The number of urea groups is 1. The first-order chi connectivity index (χ1) is 8.56. The van der Waals surface area contributed by atoms with Crippen molar-refractivity contribution < 1.29 is 14.4 Å². The molecular weight excluding hydrogens is 304 g/mol. The Labute approximate surface area is 110 Å². The van der Waals surface area contributed by atoms with Crippen LogP contribution in [0.2, 0.25) is 0 Å². The molecule has 8 heteroatoms. The molecule has 0 aromatic heterocycles. The molecule has 0 aliphatic carbocycles. The lowest BCUT2D eigenvalue weighted by Crippen LogP contribution is -2.57. The average molecular weight is 311 g/mol. The van der Waals surface area contributed by atoms with Gasteiger partial charge < -0.3 is 0 Å². The van der Waals surface area contributed by atoms with Crippen LogP contribution in [-0.4, -0.2) is 23.9 Å². The van der Waals surface area contributed by atoms with Crippen molar-refractivity contribution in [2.24, 2.45) is 10.2 Å². The third kappa shape index (κ3) is 2.77. The lowest BCUT2D eigenvalue weighted by molar-refractivity contribution is -0.131. The molecule has 92 valence electrons. The number of barbiturate groups is 1. The van der Waals surface area contributed by atoms with Gasteiger partial charge in [-0.15, -0.1) is 0 Å². The topological polar surface area (TPSA) is 100.0 Å². The van der Waals surface area contributed by atoms with Crippen LogP contribution in [0, 0.1) is 0 Å². The summed E-state index contributed by atoms with van der Waals surface area (Å²) in [5.74, 6) is -1.57. The van der Waals surface area contributed by atoms with E-state index in [-0.39, 0.29) is 0 Å². The van der Waals surface area contributed by atoms with Crippen LogP contribution in [0.15, 0.2) is 39.0 Å². The normalized spacial score (nSPS) is 16.8. The second kappa shape index (κ2) is 5.05. The maximum atomic E-state index is 11.3. The molecular formula is C10H7BrN4O3. The van der Waals surface area contributed by atoms with Gasteiger partial charge in [0.2, 0.25) is 6.04 Å². The molecule has 0 atom stereocenters. The molecule has 18 heavy (non-hydrogen) atoms. The summed E-state index contributed by atoms with van der Waals surface area (Å²) in [5.41, 5.74) is 0.496. The SMILES string of the molecule is O=C1NC(=O)C(N=Nc2ccc(Br)cc2)C(=O)N1. The second-order valence-electron chi connectivity index (χ2n) is 3.40. The number of carbonyl (C=O) groups excluding carboxylic acids is 3.